The van der Waals surface area contributed by atoms with E-state index in [9.17, 15) is 21.6 Å². The first kappa shape index (κ1) is 24.6. The largest absolute Gasteiger partial charge is 0.336 e. The quantitative estimate of drug-likeness (QED) is 0.595. The van der Waals surface area contributed by atoms with Crippen LogP contribution in [-0.4, -0.2) is 92.9 Å². The van der Waals surface area contributed by atoms with Crippen molar-refractivity contribution in [3.8, 4) is 0 Å². The molecule has 0 aromatic heterocycles. The SMILES string of the molecule is CN(C1CCCCC1)S(=O)(=O)c1ccc(C(=O)N2CCN(S(=O)(=O)N3CCCC3)CC2)cc1. The van der Waals surface area contributed by atoms with Gasteiger partial charge < -0.3 is 4.90 Å². The van der Waals surface area contributed by atoms with Gasteiger partial charge in [-0.25, -0.2) is 8.42 Å². The van der Waals surface area contributed by atoms with Crippen LogP contribution >= 0.6 is 0 Å². The maximum atomic E-state index is 13.0. The maximum absolute atomic E-state index is 13.0. The van der Waals surface area contributed by atoms with Crippen molar-refractivity contribution in [2.75, 3.05) is 46.3 Å². The third kappa shape index (κ3) is 5.12. The molecule has 33 heavy (non-hydrogen) atoms. The van der Waals surface area contributed by atoms with E-state index in [-0.39, 0.29) is 29.9 Å². The molecule has 4 rings (SSSR count). The van der Waals surface area contributed by atoms with E-state index in [4.69, 9.17) is 0 Å². The Morgan fingerprint density at radius 1 is 0.788 bits per heavy atom. The molecular weight excluding hydrogens is 464 g/mol. The molecule has 0 bridgehead atoms. The predicted molar refractivity (Wildman–Crippen MR) is 125 cm³/mol. The topological polar surface area (TPSA) is 98.3 Å². The number of nitrogens with zero attached hydrogens (tertiary/aromatic N) is 4. The smallest absolute Gasteiger partial charge is 0.282 e. The Morgan fingerprint density at radius 3 is 1.91 bits per heavy atom. The molecule has 3 aliphatic rings. The van der Waals surface area contributed by atoms with E-state index in [1.54, 1.807) is 24.1 Å². The van der Waals surface area contributed by atoms with Crippen LogP contribution < -0.4 is 0 Å². The number of hydrogen-bond acceptors (Lipinski definition) is 5. The van der Waals surface area contributed by atoms with Crippen LogP contribution in [0.1, 0.15) is 55.3 Å². The van der Waals surface area contributed by atoms with Crippen LogP contribution in [0.4, 0.5) is 0 Å². The van der Waals surface area contributed by atoms with Crippen molar-refractivity contribution >= 4 is 26.1 Å². The lowest BCUT2D eigenvalue weighted by Gasteiger charge is -2.35. The number of amides is 1. The molecule has 184 valence electrons. The Kier molecular flexibility index (Phi) is 7.44. The highest BCUT2D eigenvalue weighted by Gasteiger charge is 2.35. The van der Waals surface area contributed by atoms with Gasteiger partial charge in [-0.3, -0.25) is 4.79 Å². The molecule has 2 heterocycles. The summed E-state index contributed by atoms with van der Waals surface area (Å²) < 4.78 is 55.9. The van der Waals surface area contributed by atoms with Gasteiger partial charge in [0.2, 0.25) is 10.0 Å². The van der Waals surface area contributed by atoms with Crippen LogP contribution in [0.5, 0.6) is 0 Å². The van der Waals surface area contributed by atoms with Gasteiger partial charge in [0.15, 0.2) is 0 Å². The molecule has 11 heteroatoms. The van der Waals surface area contributed by atoms with Gasteiger partial charge in [0.05, 0.1) is 4.90 Å². The van der Waals surface area contributed by atoms with Gasteiger partial charge in [0, 0.05) is 57.9 Å². The number of piperazine rings is 1. The molecular formula is C22H34N4O5S2. The number of rotatable bonds is 6. The molecule has 0 N–H and O–H groups in total. The van der Waals surface area contributed by atoms with Gasteiger partial charge in [0.25, 0.3) is 16.1 Å². The van der Waals surface area contributed by atoms with Crippen LogP contribution in [0.3, 0.4) is 0 Å². The number of benzene rings is 1. The van der Waals surface area contributed by atoms with Crippen molar-refractivity contribution in [3.63, 3.8) is 0 Å². The summed E-state index contributed by atoms with van der Waals surface area (Å²) in [4.78, 5) is 14.8. The molecule has 1 amide bonds. The van der Waals surface area contributed by atoms with Crippen molar-refractivity contribution in [3.05, 3.63) is 29.8 Å². The molecule has 1 aromatic carbocycles. The first-order valence-electron chi connectivity index (χ1n) is 11.8. The molecule has 0 radical (unpaired) electrons. The Hall–Kier alpha value is -1.53. The van der Waals surface area contributed by atoms with Crippen LogP contribution in [-0.2, 0) is 20.2 Å². The van der Waals surface area contributed by atoms with E-state index in [2.05, 4.69) is 0 Å². The van der Waals surface area contributed by atoms with Gasteiger partial charge in [-0.2, -0.15) is 21.3 Å². The Bertz CT molecular complexity index is 1040. The zero-order valence-corrected chi connectivity index (χ0v) is 20.9. The predicted octanol–water partition coefficient (Wildman–Crippen LogP) is 1.74. The molecule has 1 aromatic rings. The standard InChI is InChI=1S/C22H34N4O5S2/c1-23(20-7-3-2-4-8-20)32(28,29)21-11-9-19(10-12-21)22(27)24-15-17-26(18-16-24)33(30,31)25-13-5-6-14-25/h9-12,20H,2-8,13-18H2,1H3. The summed E-state index contributed by atoms with van der Waals surface area (Å²) in [5, 5.41) is 0. The fraction of sp³-hybridized carbons (Fsp3) is 0.682. The number of carbonyl (C=O) groups excluding carboxylic acids is 1. The van der Waals surface area contributed by atoms with Gasteiger partial charge in [-0.05, 0) is 49.9 Å². The fourth-order valence-electron chi connectivity index (χ4n) is 4.96. The summed E-state index contributed by atoms with van der Waals surface area (Å²) in [6.45, 7) is 2.29. The van der Waals surface area contributed by atoms with Crippen LogP contribution in [0, 0.1) is 0 Å². The van der Waals surface area contributed by atoms with Gasteiger partial charge >= 0.3 is 0 Å². The lowest BCUT2D eigenvalue weighted by molar-refractivity contribution is 0.0694. The van der Waals surface area contributed by atoms with Crippen molar-refractivity contribution in [1.82, 2.24) is 17.8 Å². The van der Waals surface area contributed by atoms with Crippen molar-refractivity contribution < 1.29 is 21.6 Å². The second-order valence-electron chi connectivity index (χ2n) is 9.14. The highest BCUT2D eigenvalue weighted by atomic mass is 32.2. The first-order valence-corrected chi connectivity index (χ1v) is 14.7. The van der Waals surface area contributed by atoms with Crippen LogP contribution in [0.25, 0.3) is 0 Å². The molecule has 0 spiro atoms. The monoisotopic (exact) mass is 498 g/mol. The second kappa shape index (κ2) is 9.99. The lowest BCUT2D eigenvalue weighted by atomic mass is 9.96. The normalized spacial score (nSPS) is 22.2. The molecule has 1 aliphatic carbocycles. The first-order chi connectivity index (χ1) is 15.7. The average Bonchev–Trinajstić information content (AvgIpc) is 3.40. The van der Waals surface area contributed by atoms with Gasteiger partial charge in [-0.15, -0.1) is 0 Å². The minimum absolute atomic E-state index is 0.0261. The average molecular weight is 499 g/mol. The van der Waals surface area contributed by atoms with E-state index >= 15 is 0 Å². The molecule has 9 nitrogen and oxygen atoms in total. The summed E-state index contributed by atoms with van der Waals surface area (Å²) in [6, 6.07) is 6.12. The molecule has 3 fully saturated rings. The van der Waals surface area contributed by atoms with E-state index in [0.29, 0.717) is 31.7 Å². The molecule has 2 aliphatic heterocycles. The third-order valence-electron chi connectivity index (χ3n) is 7.11. The maximum Gasteiger partial charge on any atom is 0.282 e. The highest BCUT2D eigenvalue weighted by Crippen LogP contribution is 2.27. The second-order valence-corrected chi connectivity index (χ2v) is 13.1. The van der Waals surface area contributed by atoms with E-state index in [0.717, 1.165) is 44.9 Å². The third-order valence-corrected chi connectivity index (χ3v) is 11.1. The molecule has 1 saturated carbocycles. The Morgan fingerprint density at radius 2 is 1.33 bits per heavy atom. The van der Waals surface area contributed by atoms with Crippen LogP contribution in [0.2, 0.25) is 0 Å². The van der Waals surface area contributed by atoms with Gasteiger partial charge in [-0.1, -0.05) is 19.3 Å². The molecule has 0 atom stereocenters. The number of carbonyl (C=O) groups is 1. The van der Waals surface area contributed by atoms with E-state index < -0.39 is 20.2 Å². The van der Waals surface area contributed by atoms with Crippen molar-refractivity contribution in [1.29, 1.82) is 0 Å². The lowest BCUT2D eigenvalue weighted by Crippen LogP contribution is -2.53. The Labute approximate surface area is 197 Å². The molecule has 2 saturated heterocycles. The van der Waals surface area contributed by atoms with Crippen molar-refractivity contribution in [2.24, 2.45) is 0 Å². The summed E-state index contributed by atoms with van der Waals surface area (Å²) in [5.74, 6) is -0.210. The number of hydrogen-bond donors (Lipinski definition) is 0. The van der Waals surface area contributed by atoms with E-state index in [1.807, 2.05) is 0 Å². The van der Waals surface area contributed by atoms with Crippen molar-refractivity contribution in [2.45, 2.75) is 55.9 Å². The number of sulfonamides is 1. The zero-order chi connectivity index (χ0) is 23.6. The summed E-state index contributed by atoms with van der Waals surface area (Å²) in [7, 11) is -5.43. The minimum atomic E-state index is -3.61. The van der Waals surface area contributed by atoms with E-state index in [1.165, 1.54) is 25.0 Å². The fourth-order valence-corrected chi connectivity index (χ4v) is 8.05. The molecule has 0 unspecified atom stereocenters. The van der Waals surface area contributed by atoms with Crippen LogP contribution in [0.15, 0.2) is 29.2 Å². The zero-order valence-electron chi connectivity index (χ0n) is 19.2. The van der Waals surface area contributed by atoms with Gasteiger partial charge in [0.1, 0.15) is 0 Å². The summed E-state index contributed by atoms with van der Waals surface area (Å²) >= 11 is 0. The summed E-state index contributed by atoms with van der Waals surface area (Å²) in [5.41, 5.74) is 0.408. The minimum Gasteiger partial charge on any atom is -0.336 e. The summed E-state index contributed by atoms with van der Waals surface area (Å²) in [6.07, 6.45) is 6.78. The Balaban J connectivity index is 1.37. The highest BCUT2D eigenvalue weighted by molar-refractivity contribution is 7.89.